The largest absolute Gasteiger partial charge is 0.316 e. The van der Waals surface area contributed by atoms with Crippen LogP contribution >= 0.6 is 23.1 Å². The van der Waals surface area contributed by atoms with Crippen LogP contribution in [0, 0.1) is 0 Å². The fourth-order valence-corrected chi connectivity index (χ4v) is 4.82. The summed E-state index contributed by atoms with van der Waals surface area (Å²) in [6, 6.07) is 14.6. The fraction of sp³-hybridized carbons (Fsp3) is 0.200. The Bertz CT molecular complexity index is 1190. The number of nitrogens with zero attached hydrogens (tertiary/aromatic N) is 2. The molecule has 0 aliphatic carbocycles. The maximum atomic E-state index is 12.4. The summed E-state index contributed by atoms with van der Waals surface area (Å²) in [5.41, 5.74) is 1.81. The molecular formula is C20H20N2O3S3. The molecule has 0 saturated heterocycles. The molecule has 0 aliphatic heterocycles. The van der Waals surface area contributed by atoms with Crippen molar-refractivity contribution in [1.29, 1.82) is 0 Å². The van der Waals surface area contributed by atoms with Crippen LogP contribution in [-0.2, 0) is 21.2 Å². The van der Waals surface area contributed by atoms with Crippen LogP contribution in [0.2, 0.25) is 0 Å². The van der Waals surface area contributed by atoms with Gasteiger partial charge >= 0.3 is 0 Å². The Morgan fingerprint density at radius 3 is 2.64 bits per heavy atom. The van der Waals surface area contributed by atoms with E-state index in [0.29, 0.717) is 11.3 Å². The van der Waals surface area contributed by atoms with Crippen molar-refractivity contribution in [2.75, 3.05) is 18.3 Å². The molecule has 1 aromatic heterocycles. The topological polar surface area (TPSA) is 68.5 Å². The Morgan fingerprint density at radius 1 is 1.21 bits per heavy atom. The fourth-order valence-electron chi connectivity index (χ4n) is 2.63. The summed E-state index contributed by atoms with van der Waals surface area (Å²) in [6.07, 6.45) is 6.38. The van der Waals surface area contributed by atoms with Gasteiger partial charge in [-0.3, -0.25) is 4.79 Å². The first-order valence-corrected chi connectivity index (χ1v) is 12.6. The van der Waals surface area contributed by atoms with E-state index < -0.39 is 9.84 Å². The third kappa shape index (κ3) is 5.01. The lowest BCUT2D eigenvalue weighted by atomic mass is 10.2. The predicted molar refractivity (Wildman–Crippen MR) is 117 cm³/mol. The highest BCUT2D eigenvalue weighted by Crippen LogP contribution is 2.22. The minimum Gasteiger partial charge on any atom is -0.316 e. The number of thiazole rings is 1. The molecule has 0 N–H and O–H groups in total. The average molecular weight is 433 g/mol. The molecule has 0 bridgehead atoms. The van der Waals surface area contributed by atoms with Gasteiger partial charge in [0.05, 0.1) is 15.1 Å². The summed E-state index contributed by atoms with van der Waals surface area (Å²) >= 11 is 3.02. The van der Waals surface area contributed by atoms with Crippen LogP contribution in [0.4, 0.5) is 0 Å². The number of thioether (sulfide) groups is 1. The quantitative estimate of drug-likeness (QED) is 0.558. The van der Waals surface area contributed by atoms with E-state index >= 15 is 0 Å². The lowest BCUT2D eigenvalue weighted by Gasteiger charge is -2.04. The summed E-state index contributed by atoms with van der Waals surface area (Å²) in [4.78, 5) is 17.4. The number of carbonyl (C=O) groups excluding carboxylic acids is 1. The van der Waals surface area contributed by atoms with Gasteiger partial charge in [0.1, 0.15) is 0 Å². The molecule has 1 heterocycles. The molecular weight excluding hydrogens is 412 g/mol. The van der Waals surface area contributed by atoms with E-state index in [1.165, 1.54) is 23.7 Å². The second-order valence-corrected chi connectivity index (χ2v) is 10.1. The molecule has 8 heteroatoms. The summed E-state index contributed by atoms with van der Waals surface area (Å²) in [5, 5.41) is 0. The van der Waals surface area contributed by atoms with Crippen molar-refractivity contribution in [3.63, 3.8) is 0 Å². The predicted octanol–water partition coefficient (Wildman–Crippen LogP) is 3.61. The van der Waals surface area contributed by atoms with Crippen molar-refractivity contribution in [3.05, 3.63) is 65.0 Å². The summed E-state index contributed by atoms with van der Waals surface area (Å²) < 4.78 is 26.5. The SMILES string of the molecule is CSCCn1c(=NC(=O)C=Cc2ccccc2)sc2cc(S(C)(=O)=O)ccc21. The maximum absolute atomic E-state index is 12.4. The van der Waals surface area contributed by atoms with Crippen molar-refractivity contribution in [2.45, 2.75) is 11.4 Å². The van der Waals surface area contributed by atoms with Crippen molar-refractivity contribution < 1.29 is 13.2 Å². The number of carbonyl (C=O) groups is 1. The molecule has 0 fully saturated rings. The highest BCUT2D eigenvalue weighted by molar-refractivity contribution is 7.98. The zero-order chi connectivity index (χ0) is 20.1. The summed E-state index contributed by atoms with van der Waals surface area (Å²) in [7, 11) is -3.29. The first-order chi connectivity index (χ1) is 13.4. The first-order valence-electron chi connectivity index (χ1n) is 8.53. The zero-order valence-corrected chi connectivity index (χ0v) is 18.0. The third-order valence-electron chi connectivity index (χ3n) is 4.03. The Morgan fingerprint density at radius 2 is 1.96 bits per heavy atom. The first kappa shape index (κ1) is 20.6. The Hall–Kier alpha value is -2.16. The lowest BCUT2D eigenvalue weighted by molar-refractivity contribution is -0.113. The van der Waals surface area contributed by atoms with Crippen LogP contribution in [-0.4, -0.2) is 37.2 Å². The van der Waals surface area contributed by atoms with Crippen LogP contribution in [0.25, 0.3) is 16.3 Å². The van der Waals surface area contributed by atoms with Crippen LogP contribution < -0.4 is 4.80 Å². The van der Waals surface area contributed by atoms with Gasteiger partial charge in [0, 0.05) is 24.6 Å². The van der Waals surface area contributed by atoms with Crippen LogP contribution in [0.3, 0.4) is 0 Å². The van der Waals surface area contributed by atoms with Gasteiger partial charge in [0.15, 0.2) is 14.6 Å². The van der Waals surface area contributed by atoms with E-state index in [1.54, 1.807) is 36.0 Å². The van der Waals surface area contributed by atoms with Gasteiger partial charge in [-0.25, -0.2) is 8.42 Å². The average Bonchev–Trinajstić information content (AvgIpc) is 3.01. The molecule has 3 aromatic rings. The van der Waals surface area contributed by atoms with Gasteiger partial charge in [-0.05, 0) is 36.1 Å². The highest BCUT2D eigenvalue weighted by Gasteiger charge is 2.12. The van der Waals surface area contributed by atoms with E-state index in [2.05, 4.69) is 4.99 Å². The van der Waals surface area contributed by atoms with Gasteiger partial charge in [0.2, 0.25) is 0 Å². The molecule has 0 atom stereocenters. The van der Waals surface area contributed by atoms with Crippen LogP contribution in [0.1, 0.15) is 5.56 Å². The second-order valence-electron chi connectivity index (χ2n) is 6.12. The van der Waals surface area contributed by atoms with Gasteiger partial charge in [-0.1, -0.05) is 41.7 Å². The number of fused-ring (bicyclic) bond motifs is 1. The third-order valence-corrected chi connectivity index (χ3v) is 6.77. The van der Waals surface area contributed by atoms with Crippen LogP contribution in [0.5, 0.6) is 0 Å². The van der Waals surface area contributed by atoms with Gasteiger partial charge in [-0.2, -0.15) is 16.8 Å². The molecule has 146 valence electrons. The molecule has 28 heavy (non-hydrogen) atoms. The van der Waals surface area contributed by atoms with Crippen LogP contribution in [0.15, 0.2) is 64.5 Å². The van der Waals surface area contributed by atoms with Crippen molar-refractivity contribution in [1.82, 2.24) is 4.57 Å². The van der Waals surface area contributed by atoms with Crippen molar-refractivity contribution in [2.24, 2.45) is 4.99 Å². The number of benzene rings is 2. The van der Waals surface area contributed by atoms with Crippen molar-refractivity contribution >= 4 is 55.1 Å². The number of sulfone groups is 1. The van der Waals surface area contributed by atoms with E-state index in [-0.39, 0.29) is 10.8 Å². The molecule has 0 saturated carbocycles. The molecule has 3 rings (SSSR count). The number of aromatic nitrogens is 1. The molecule has 5 nitrogen and oxygen atoms in total. The second kappa shape index (κ2) is 8.89. The number of aryl methyl sites for hydroxylation is 1. The lowest BCUT2D eigenvalue weighted by Crippen LogP contribution is -2.17. The van der Waals surface area contributed by atoms with E-state index in [0.717, 1.165) is 21.5 Å². The van der Waals surface area contributed by atoms with Gasteiger partial charge in [-0.15, -0.1) is 0 Å². The van der Waals surface area contributed by atoms with Crippen molar-refractivity contribution in [3.8, 4) is 0 Å². The Labute approximate surface area is 172 Å². The number of rotatable bonds is 6. The Kier molecular flexibility index (Phi) is 6.53. The monoisotopic (exact) mass is 432 g/mol. The molecule has 0 radical (unpaired) electrons. The zero-order valence-electron chi connectivity index (χ0n) is 15.5. The smallest absolute Gasteiger partial charge is 0.272 e. The Balaban J connectivity index is 2.03. The molecule has 2 aromatic carbocycles. The number of hydrogen-bond acceptors (Lipinski definition) is 5. The van der Waals surface area contributed by atoms with Gasteiger partial charge in [0.25, 0.3) is 5.91 Å². The standard InChI is InChI=1S/C20H20N2O3S3/c1-26-13-12-22-17-10-9-16(28(2,24)25)14-18(17)27-20(22)21-19(23)11-8-15-6-4-3-5-7-15/h3-11,14H,12-13H2,1-2H3. The van der Waals surface area contributed by atoms with Gasteiger partial charge < -0.3 is 4.57 Å². The van der Waals surface area contributed by atoms with E-state index in [4.69, 9.17) is 0 Å². The maximum Gasteiger partial charge on any atom is 0.272 e. The normalized spacial score (nSPS) is 12.9. The molecule has 0 aliphatic rings. The number of amides is 1. The highest BCUT2D eigenvalue weighted by atomic mass is 32.2. The molecule has 0 spiro atoms. The number of hydrogen-bond donors (Lipinski definition) is 0. The minimum absolute atomic E-state index is 0.264. The van der Waals surface area contributed by atoms with E-state index in [1.807, 2.05) is 41.2 Å². The molecule has 0 unspecified atom stereocenters. The van der Waals surface area contributed by atoms with E-state index in [9.17, 15) is 13.2 Å². The summed E-state index contributed by atoms with van der Waals surface area (Å²) in [6.45, 7) is 0.688. The minimum atomic E-state index is -3.29. The summed E-state index contributed by atoms with van der Waals surface area (Å²) in [5.74, 6) is 0.512. The molecule has 1 amide bonds.